The molecule has 1 heterocycles. The first-order valence-electron chi connectivity index (χ1n) is 6.35. The molecule has 2 aromatic rings. The summed E-state index contributed by atoms with van der Waals surface area (Å²) >= 11 is 6.09. The molecule has 0 aliphatic carbocycles. The minimum Gasteiger partial charge on any atom is -0.339 e. The number of benzene rings is 1. The second-order valence-corrected chi connectivity index (χ2v) is 7.38. The minimum atomic E-state index is -0.0312. The van der Waals surface area contributed by atoms with Crippen molar-refractivity contribution in [1.82, 2.24) is 9.88 Å². The van der Waals surface area contributed by atoms with Crippen LogP contribution in [0.15, 0.2) is 38.0 Å². The number of thiazole rings is 1. The summed E-state index contributed by atoms with van der Waals surface area (Å²) in [5.74, 6) is 0. The number of hydrogen-bond donors (Lipinski definition) is 1. The Morgan fingerprint density at radius 3 is 2.91 bits per heavy atom. The maximum Gasteiger partial charge on any atom is 0.285 e. The highest BCUT2D eigenvalue weighted by Gasteiger charge is 2.10. The van der Waals surface area contributed by atoms with Crippen molar-refractivity contribution in [3.8, 4) is 0 Å². The Hall–Kier alpha value is -1.38. The van der Waals surface area contributed by atoms with E-state index in [0.717, 1.165) is 25.8 Å². The Morgan fingerprint density at radius 1 is 1.50 bits per heavy atom. The largest absolute Gasteiger partial charge is 0.339 e. The summed E-state index contributed by atoms with van der Waals surface area (Å²) in [4.78, 5) is 18.5. The third kappa shape index (κ3) is 4.82. The molecule has 5 nitrogen and oxygen atoms in total. The predicted octanol–water partition coefficient (Wildman–Crippen LogP) is 4.43. The van der Waals surface area contributed by atoms with Crippen LogP contribution in [0.4, 0.5) is 9.93 Å². The molecule has 0 saturated carbocycles. The number of hydrazone groups is 1. The van der Waals surface area contributed by atoms with Crippen molar-refractivity contribution >= 4 is 55.6 Å². The van der Waals surface area contributed by atoms with Crippen LogP contribution < -0.4 is 5.43 Å². The van der Waals surface area contributed by atoms with Crippen molar-refractivity contribution < 1.29 is 4.79 Å². The van der Waals surface area contributed by atoms with E-state index in [0.29, 0.717) is 0 Å². The zero-order valence-corrected chi connectivity index (χ0v) is 15.6. The zero-order valence-electron chi connectivity index (χ0n) is 12.3. The Labute approximate surface area is 146 Å². The first-order valence-corrected chi connectivity index (χ1v) is 8.84. The van der Waals surface area contributed by atoms with Crippen molar-refractivity contribution in [2.24, 2.45) is 5.10 Å². The smallest absolute Gasteiger partial charge is 0.285 e. The van der Waals surface area contributed by atoms with Gasteiger partial charge in [0.25, 0.3) is 5.24 Å². The van der Waals surface area contributed by atoms with Crippen LogP contribution >= 0.6 is 39.0 Å². The Kier molecular flexibility index (Phi) is 5.98. The number of carbonyl (C=O) groups excluding carboxylic acids is 1. The number of anilines is 1. The molecule has 8 heteroatoms. The molecular weight excluding hydrogens is 384 g/mol. The van der Waals surface area contributed by atoms with Crippen molar-refractivity contribution in [2.45, 2.75) is 11.8 Å². The van der Waals surface area contributed by atoms with Gasteiger partial charge in [-0.1, -0.05) is 22.0 Å². The van der Waals surface area contributed by atoms with Crippen LogP contribution in [-0.2, 0) is 0 Å². The fourth-order valence-electron chi connectivity index (χ4n) is 1.45. The maximum atomic E-state index is 11.9. The van der Waals surface area contributed by atoms with Crippen molar-refractivity contribution in [3.05, 3.63) is 39.3 Å². The molecule has 1 amide bonds. The number of halogens is 1. The Balaban J connectivity index is 2.13. The van der Waals surface area contributed by atoms with Crippen molar-refractivity contribution in [3.63, 3.8) is 0 Å². The molecule has 0 fully saturated rings. The van der Waals surface area contributed by atoms with Gasteiger partial charge in [-0.3, -0.25) is 10.2 Å². The standard InChI is InChI=1S/C14H15BrN4OS2/c1-9-8-21-13(17-9)18-16-7-10-4-5-11(15)6-12(10)22-14(20)19(2)3/h4-8H,1-3H3,(H,17,18). The normalized spacial score (nSPS) is 10.9. The van der Waals surface area contributed by atoms with Gasteiger partial charge in [0.15, 0.2) is 0 Å². The van der Waals surface area contributed by atoms with E-state index in [1.165, 1.54) is 23.1 Å². The second-order valence-electron chi connectivity index (χ2n) is 4.61. The van der Waals surface area contributed by atoms with Crippen LogP contribution in [0.5, 0.6) is 0 Å². The van der Waals surface area contributed by atoms with Crippen LogP contribution in [0.2, 0.25) is 0 Å². The van der Waals surface area contributed by atoms with E-state index < -0.39 is 0 Å². The van der Waals surface area contributed by atoms with Crippen molar-refractivity contribution in [2.75, 3.05) is 19.5 Å². The monoisotopic (exact) mass is 398 g/mol. The lowest BCUT2D eigenvalue weighted by Gasteiger charge is -2.11. The van der Waals surface area contributed by atoms with Crippen LogP contribution in [0.1, 0.15) is 11.3 Å². The van der Waals surface area contributed by atoms with Gasteiger partial charge in [0.05, 0.1) is 11.9 Å². The summed E-state index contributed by atoms with van der Waals surface area (Å²) in [6, 6.07) is 5.73. The van der Waals surface area contributed by atoms with Gasteiger partial charge in [0.1, 0.15) is 0 Å². The number of hydrogen-bond acceptors (Lipinski definition) is 6. The molecule has 0 aliphatic heterocycles. The molecule has 0 atom stereocenters. The van der Waals surface area contributed by atoms with E-state index in [1.807, 2.05) is 30.5 Å². The lowest BCUT2D eigenvalue weighted by atomic mass is 10.2. The average molecular weight is 399 g/mol. The Bertz CT molecular complexity index is 700. The number of thioether (sulfide) groups is 1. The molecule has 1 aromatic carbocycles. The molecule has 1 N–H and O–H groups in total. The predicted molar refractivity (Wildman–Crippen MR) is 97.1 cm³/mol. The van der Waals surface area contributed by atoms with Gasteiger partial charge in [-0.25, -0.2) is 4.98 Å². The maximum absolute atomic E-state index is 11.9. The summed E-state index contributed by atoms with van der Waals surface area (Å²) in [7, 11) is 3.46. The van der Waals surface area contributed by atoms with E-state index in [1.54, 1.807) is 25.2 Å². The van der Waals surface area contributed by atoms with Crippen LogP contribution in [-0.4, -0.2) is 35.4 Å². The highest BCUT2D eigenvalue weighted by atomic mass is 79.9. The van der Waals surface area contributed by atoms with Crippen LogP contribution in [0.25, 0.3) is 0 Å². The number of carbonyl (C=O) groups is 1. The number of aryl methyl sites for hydroxylation is 1. The minimum absolute atomic E-state index is 0.0312. The molecule has 0 bridgehead atoms. The third-order valence-corrected chi connectivity index (χ3v) is 4.99. The van der Waals surface area contributed by atoms with Crippen molar-refractivity contribution in [1.29, 1.82) is 0 Å². The topological polar surface area (TPSA) is 57.6 Å². The molecule has 2 rings (SSSR count). The second kappa shape index (κ2) is 7.75. The molecular formula is C14H15BrN4OS2. The van der Waals surface area contributed by atoms with E-state index in [9.17, 15) is 4.79 Å². The molecule has 0 unspecified atom stereocenters. The summed E-state index contributed by atoms with van der Waals surface area (Å²) in [5, 5.41) is 6.85. The highest BCUT2D eigenvalue weighted by Crippen LogP contribution is 2.27. The lowest BCUT2D eigenvalue weighted by molar-refractivity contribution is 0.241. The number of aromatic nitrogens is 1. The molecule has 22 heavy (non-hydrogen) atoms. The first kappa shape index (κ1) is 17.0. The Morgan fingerprint density at radius 2 is 2.27 bits per heavy atom. The fourth-order valence-corrected chi connectivity index (χ4v) is 3.40. The summed E-state index contributed by atoms with van der Waals surface area (Å²) in [6.07, 6.45) is 1.69. The van der Waals surface area contributed by atoms with Gasteiger partial charge in [0, 0.05) is 34.4 Å². The average Bonchev–Trinajstić information content (AvgIpc) is 2.86. The fraction of sp³-hybridized carbons (Fsp3) is 0.214. The van der Waals surface area contributed by atoms with Gasteiger partial charge in [-0.2, -0.15) is 5.10 Å². The summed E-state index contributed by atoms with van der Waals surface area (Å²) in [5.41, 5.74) is 4.71. The lowest BCUT2D eigenvalue weighted by Crippen LogP contribution is -2.16. The van der Waals surface area contributed by atoms with E-state index in [4.69, 9.17) is 0 Å². The zero-order chi connectivity index (χ0) is 16.1. The number of amides is 1. The summed E-state index contributed by atoms with van der Waals surface area (Å²) in [6.45, 7) is 1.93. The van der Waals surface area contributed by atoms with Gasteiger partial charge in [0.2, 0.25) is 5.13 Å². The number of nitrogens with one attached hydrogen (secondary N) is 1. The van der Waals surface area contributed by atoms with Crippen LogP contribution in [0.3, 0.4) is 0 Å². The van der Waals surface area contributed by atoms with E-state index in [2.05, 4.69) is 31.4 Å². The van der Waals surface area contributed by atoms with Gasteiger partial charge >= 0.3 is 0 Å². The quantitative estimate of drug-likeness (QED) is 0.469. The summed E-state index contributed by atoms with van der Waals surface area (Å²) < 4.78 is 0.919. The molecule has 0 aliphatic rings. The molecule has 1 aromatic heterocycles. The van der Waals surface area contributed by atoms with Gasteiger partial charge in [-0.05, 0) is 30.8 Å². The van der Waals surface area contributed by atoms with Crippen LogP contribution in [0, 0.1) is 6.92 Å². The molecule has 0 saturated heterocycles. The van der Waals surface area contributed by atoms with Gasteiger partial charge in [-0.15, -0.1) is 11.3 Å². The molecule has 116 valence electrons. The first-order chi connectivity index (χ1) is 10.5. The number of nitrogens with zero attached hydrogens (tertiary/aromatic N) is 3. The van der Waals surface area contributed by atoms with E-state index >= 15 is 0 Å². The number of rotatable bonds is 4. The van der Waals surface area contributed by atoms with Gasteiger partial charge < -0.3 is 4.90 Å². The highest BCUT2D eigenvalue weighted by molar-refractivity contribution is 9.10. The van der Waals surface area contributed by atoms with E-state index in [-0.39, 0.29) is 5.24 Å². The molecule has 0 spiro atoms. The third-order valence-electron chi connectivity index (χ3n) is 2.52. The SMILES string of the molecule is Cc1csc(NN=Cc2ccc(Br)cc2SC(=O)N(C)C)n1. The molecule has 0 radical (unpaired) electrons.